The molecule has 0 saturated heterocycles. The van der Waals surface area contributed by atoms with Crippen LogP contribution < -0.4 is 16.6 Å². The highest BCUT2D eigenvalue weighted by atomic mass is 16.3. The first-order chi connectivity index (χ1) is 15.5. The van der Waals surface area contributed by atoms with E-state index in [1.807, 2.05) is 18.2 Å². The predicted octanol–water partition coefficient (Wildman–Crippen LogP) is 3.41. The Morgan fingerprint density at radius 2 is 1.88 bits per heavy atom. The summed E-state index contributed by atoms with van der Waals surface area (Å²) in [7, 11) is 0. The van der Waals surface area contributed by atoms with E-state index < -0.39 is 0 Å². The predicted molar refractivity (Wildman–Crippen MR) is 127 cm³/mol. The number of aromatic amines is 2. The minimum atomic E-state index is -0.0672. The van der Waals surface area contributed by atoms with Gasteiger partial charge in [-0.2, -0.15) is 0 Å². The van der Waals surface area contributed by atoms with Crippen LogP contribution in [-0.4, -0.2) is 39.5 Å². The van der Waals surface area contributed by atoms with E-state index in [1.165, 1.54) is 12.0 Å². The Bertz CT molecular complexity index is 1100. The lowest BCUT2D eigenvalue weighted by Crippen LogP contribution is -2.33. The van der Waals surface area contributed by atoms with Crippen molar-refractivity contribution in [1.29, 1.82) is 0 Å². The lowest BCUT2D eigenvalue weighted by molar-refractivity contribution is 0.380. The average molecular weight is 439 g/mol. The van der Waals surface area contributed by atoms with Crippen LogP contribution in [0.5, 0.6) is 11.5 Å². The first kappa shape index (κ1) is 22.4. The van der Waals surface area contributed by atoms with E-state index in [0.717, 1.165) is 80.1 Å². The highest BCUT2D eigenvalue weighted by molar-refractivity contribution is 5.78. The number of phenolic OH excluding ortho intramolecular Hbond substituents is 2. The topological polar surface area (TPSA) is 127 Å². The second-order valence-electron chi connectivity index (χ2n) is 8.97. The number of aromatic hydroxyl groups is 2. The van der Waals surface area contributed by atoms with Gasteiger partial charge in [0.25, 0.3) is 5.56 Å². The van der Waals surface area contributed by atoms with Gasteiger partial charge in [0, 0.05) is 11.6 Å². The van der Waals surface area contributed by atoms with Crippen molar-refractivity contribution in [2.24, 2.45) is 5.73 Å². The first-order valence-corrected chi connectivity index (χ1v) is 11.7. The average Bonchev–Trinajstić information content (AvgIpc) is 3.16. The maximum atomic E-state index is 11.7. The number of benzene rings is 2. The van der Waals surface area contributed by atoms with Crippen LogP contribution in [0.4, 0.5) is 0 Å². The van der Waals surface area contributed by atoms with Crippen molar-refractivity contribution in [3.05, 3.63) is 57.4 Å². The highest BCUT2D eigenvalue weighted by Crippen LogP contribution is 2.42. The van der Waals surface area contributed by atoms with Crippen molar-refractivity contribution in [2.75, 3.05) is 13.1 Å². The summed E-state index contributed by atoms with van der Waals surface area (Å²) >= 11 is 0. The maximum Gasteiger partial charge on any atom is 0.271 e. The van der Waals surface area contributed by atoms with Gasteiger partial charge in [0.05, 0.1) is 10.9 Å². The summed E-state index contributed by atoms with van der Waals surface area (Å²) in [4.78, 5) is 11.7. The zero-order chi connectivity index (χ0) is 22.5. The zero-order valence-corrected chi connectivity index (χ0v) is 18.5. The van der Waals surface area contributed by atoms with Crippen LogP contribution in [0, 0.1) is 0 Å². The van der Waals surface area contributed by atoms with Gasteiger partial charge >= 0.3 is 0 Å². The van der Waals surface area contributed by atoms with Gasteiger partial charge in [-0.05, 0) is 80.4 Å². The van der Waals surface area contributed by atoms with Crippen molar-refractivity contribution >= 4 is 10.9 Å². The lowest BCUT2D eigenvalue weighted by atomic mass is 9.76. The Balaban J connectivity index is 1.13. The van der Waals surface area contributed by atoms with Gasteiger partial charge in [-0.1, -0.05) is 31.4 Å². The Morgan fingerprint density at radius 1 is 1.03 bits per heavy atom. The van der Waals surface area contributed by atoms with Crippen LogP contribution in [0.2, 0.25) is 0 Å². The fourth-order valence-electron chi connectivity index (χ4n) is 4.92. The van der Waals surface area contributed by atoms with Crippen molar-refractivity contribution < 1.29 is 10.2 Å². The van der Waals surface area contributed by atoms with Crippen LogP contribution in [-0.2, 0) is 12.8 Å². The summed E-state index contributed by atoms with van der Waals surface area (Å²) in [5, 5.41) is 29.6. The molecule has 1 heterocycles. The number of nitrogens with two attached hydrogens (primary N) is 1. The molecule has 0 bridgehead atoms. The summed E-state index contributed by atoms with van der Waals surface area (Å²) in [6.45, 7) is 1.89. The fourth-order valence-corrected chi connectivity index (χ4v) is 4.92. The third-order valence-electron chi connectivity index (χ3n) is 6.79. The molecule has 172 valence electrons. The lowest BCUT2D eigenvalue weighted by Gasteiger charge is -2.32. The Morgan fingerprint density at radius 3 is 2.75 bits per heavy atom. The van der Waals surface area contributed by atoms with Gasteiger partial charge < -0.3 is 21.3 Å². The van der Waals surface area contributed by atoms with Gasteiger partial charge in [-0.25, -0.2) is 0 Å². The van der Waals surface area contributed by atoms with Gasteiger partial charge in [0.2, 0.25) is 0 Å². The molecule has 0 amide bonds. The summed E-state index contributed by atoms with van der Waals surface area (Å²) in [5.74, 6) is 0.252. The molecule has 0 saturated carbocycles. The quantitative estimate of drug-likeness (QED) is 0.214. The second kappa shape index (κ2) is 10.2. The number of phenols is 2. The molecule has 0 aliphatic heterocycles. The van der Waals surface area contributed by atoms with E-state index in [2.05, 4.69) is 21.6 Å². The van der Waals surface area contributed by atoms with E-state index in [9.17, 15) is 15.0 Å². The molecular weight excluding hydrogens is 404 g/mol. The van der Waals surface area contributed by atoms with Gasteiger partial charge in [-0.3, -0.25) is 15.0 Å². The van der Waals surface area contributed by atoms with Gasteiger partial charge in [0.15, 0.2) is 11.5 Å². The van der Waals surface area contributed by atoms with Crippen molar-refractivity contribution in [3.63, 3.8) is 0 Å². The van der Waals surface area contributed by atoms with E-state index in [-0.39, 0.29) is 29.0 Å². The Hall–Kier alpha value is -2.77. The van der Waals surface area contributed by atoms with Crippen LogP contribution in [0.15, 0.2) is 35.1 Å². The molecule has 7 nitrogen and oxygen atoms in total. The third-order valence-corrected chi connectivity index (χ3v) is 6.79. The number of H-pyrrole nitrogens is 2. The van der Waals surface area contributed by atoms with Crippen molar-refractivity contribution in [3.8, 4) is 11.5 Å². The minimum Gasteiger partial charge on any atom is -0.504 e. The molecule has 32 heavy (non-hydrogen) atoms. The summed E-state index contributed by atoms with van der Waals surface area (Å²) in [6.07, 6.45) is 8.10. The number of aromatic nitrogens is 2. The fraction of sp³-hybridized carbons (Fsp3) is 0.480. The van der Waals surface area contributed by atoms with E-state index in [1.54, 1.807) is 6.07 Å². The first-order valence-electron chi connectivity index (χ1n) is 11.7. The molecule has 0 radical (unpaired) electrons. The molecule has 0 fully saturated rings. The van der Waals surface area contributed by atoms with Crippen LogP contribution in [0.1, 0.15) is 61.1 Å². The van der Waals surface area contributed by atoms with Crippen molar-refractivity contribution in [2.45, 2.75) is 63.3 Å². The highest BCUT2D eigenvalue weighted by Gasteiger charge is 2.29. The molecule has 2 aromatic carbocycles. The second-order valence-corrected chi connectivity index (χ2v) is 8.97. The summed E-state index contributed by atoms with van der Waals surface area (Å²) in [6, 6.07) is 9.60. The molecule has 4 rings (SSSR count). The smallest absolute Gasteiger partial charge is 0.271 e. The number of fused-ring (bicyclic) bond motifs is 2. The van der Waals surface area contributed by atoms with Crippen LogP contribution in [0.3, 0.4) is 0 Å². The van der Waals surface area contributed by atoms with E-state index in [4.69, 9.17) is 5.73 Å². The van der Waals surface area contributed by atoms with Gasteiger partial charge in [-0.15, -0.1) is 0 Å². The number of unbranched alkanes of at least 4 members (excludes halogenated alkanes) is 3. The summed E-state index contributed by atoms with van der Waals surface area (Å²) in [5.41, 5.74) is 10.3. The molecule has 2 atom stereocenters. The molecule has 3 aromatic rings. The monoisotopic (exact) mass is 438 g/mol. The normalized spacial score (nSPS) is 18.2. The number of nitrogens with one attached hydrogen (secondary N) is 3. The number of hydrogen-bond acceptors (Lipinski definition) is 5. The molecular formula is C25H34N4O3. The van der Waals surface area contributed by atoms with Crippen molar-refractivity contribution in [1.82, 2.24) is 15.5 Å². The summed E-state index contributed by atoms with van der Waals surface area (Å²) < 4.78 is 0. The van der Waals surface area contributed by atoms with E-state index in [0.29, 0.717) is 0 Å². The third kappa shape index (κ3) is 5.00. The number of rotatable bonds is 10. The molecule has 7 heteroatoms. The Labute approximate surface area is 188 Å². The van der Waals surface area contributed by atoms with Crippen LogP contribution in [0.25, 0.3) is 10.9 Å². The number of hydrogen-bond donors (Lipinski definition) is 6. The molecule has 7 N–H and O–H groups in total. The molecule has 1 aliphatic carbocycles. The van der Waals surface area contributed by atoms with Gasteiger partial charge in [0.1, 0.15) is 0 Å². The molecule has 2 unspecified atom stereocenters. The Kier molecular flexibility index (Phi) is 7.17. The minimum absolute atomic E-state index is 0.0327. The standard InChI is InChI=1S/C25H34N4O3/c26-21-9-7-19-17(8-11-23(30)24(19)31)18(21)5-3-1-2-4-13-27-14-12-16-6-10-22-20(15-16)25(32)29-28-22/h6,8,10-11,15,18,21,27,30-31H,1-5,7,9,12-14,26H2,(H2,28,29,32). The van der Waals surface area contributed by atoms with E-state index >= 15 is 0 Å². The molecule has 1 aliphatic rings. The largest absolute Gasteiger partial charge is 0.504 e. The molecule has 0 spiro atoms. The SMILES string of the molecule is NC1CCc2c(ccc(O)c2O)C1CCCCCCNCCc1ccc2[nH][nH]c(=O)c2c1. The maximum absolute atomic E-state index is 11.7. The molecule has 1 aromatic heterocycles. The zero-order valence-electron chi connectivity index (χ0n) is 18.5. The van der Waals surface area contributed by atoms with Crippen LogP contribution >= 0.6 is 0 Å².